The largest absolute Gasteiger partial charge is 0.491 e. The first-order chi connectivity index (χ1) is 14.2. The lowest BCUT2D eigenvalue weighted by Crippen LogP contribution is -2.09. The van der Waals surface area contributed by atoms with Gasteiger partial charge < -0.3 is 14.6 Å². The first kappa shape index (κ1) is 20.5. The highest BCUT2D eigenvalue weighted by molar-refractivity contribution is 6.06. The summed E-state index contributed by atoms with van der Waals surface area (Å²) in [4.78, 5) is 12.1. The third kappa shape index (κ3) is 6.14. The van der Waals surface area contributed by atoms with Crippen LogP contribution >= 0.6 is 0 Å². The molecular formula is C25H24O4. The van der Waals surface area contributed by atoms with Crippen LogP contribution in [0, 0.1) is 0 Å². The van der Waals surface area contributed by atoms with Gasteiger partial charge in [0.05, 0.1) is 6.61 Å². The van der Waals surface area contributed by atoms with E-state index < -0.39 is 6.10 Å². The van der Waals surface area contributed by atoms with Crippen molar-refractivity contribution < 1.29 is 19.4 Å². The summed E-state index contributed by atoms with van der Waals surface area (Å²) in [6.07, 6.45) is 2.58. The molecule has 4 heteroatoms. The van der Waals surface area contributed by atoms with Gasteiger partial charge in [-0.2, -0.15) is 0 Å². The molecule has 3 aromatic rings. The summed E-state index contributed by atoms with van der Waals surface area (Å²) in [5, 5.41) is 10.4. The highest BCUT2D eigenvalue weighted by atomic mass is 16.5. The van der Waals surface area contributed by atoms with Gasteiger partial charge in [-0.25, -0.2) is 0 Å². The molecule has 4 nitrogen and oxygen atoms in total. The van der Waals surface area contributed by atoms with Gasteiger partial charge in [0.15, 0.2) is 5.78 Å². The summed E-state index contributed by atoms with van der Waals surface area (Å²) >= 11 is 0. The van der Waals surface area contributed by atoms with E-state index in [4.69, 9.17) is 9.47 Å². The lowest BCUT2D eigenvalue weighted by molar-refractivity contribution is 0.104. The fourth-order valence-corrected chi connectivity index (χ4v) is 2.82. The Labute approximate surface area is 171 Å². The lowest BCUT2D eigenvalue weighted by Gasteiger charge is -2.13. The van der Waals surface area contributed by atoms with Crippen molar-refractivity contribution in [1.29, 1.82) is 0 Å². The van der Waals surface area contributed by atoms with Crippen molar-refractivity contribution in [2.75, 3.05) is 13.7 Å². The summed E-state index contributed by atoms with van der Waals surface area (Å²) < 4.78 is 10.7. The first-order valence-electron chi connectivity index (χ1n) is 9.42. The van der Waals surface area contributed by atoms with Crippen molar-refractivity contribution in [2.24, 2.45) is 0 Å². The monoisotopic (exact) mass is 388 g/mol. The van der Waals surface area contributed by atoms with Crippen molar-refractivity contribution in [2.45, 2.75) is 12.7 Å². The van der Waals surface area contributed by atoms with Crippen LogP contribution in [0.3, 0.4) is 0 Å². The normalized spacial score (nSPS) is 12.1. The van der Waals surface area contributed by atoms with Gasteiger partial charge in [0.2, 0.25) is 0 Å². The predicted octanol–water partition coefficient (Wildman–Crippen LogP) is 4.84. The molecule has 29 heavy (non-hydrogen) atoms. The van der Waals surface area contributed by atoms with Crippen LogP contribution in [0.5, 0.6) is 5.75 Å². The number of ether oxygens (including phenoxy) is 2. The molecular weight excluding hydrogens is 364 g/mol. The lowest BCUT2D eigenvalue weighted by atomic mass is 10.1. The molecule has 0 aliphatic carbocycles. The molecule has 0 heterocycles. The fourth-order valence-electron chi connectivity index (χ4n) is 2.82. The maximum atomic E-state index is 12.1. The van der Waals surface area contributed by atoms with E-state index in [9.17, 15) is 9.90 Å². The van der Waals surface area contributed by atoms with E-state index in [0.29, 0.717) is 17.9 Å². The Bertz CT molecular complexity index is 929. The molecule has 0 saturated carbocycles. The average Bonchev–Trinajstić information content (AvgIpc) is 2.78. The third-order valence-electron chi connectivity index (χ3n) is 4.45. The zero-order valence-corrected chi connectivity index (χ0v) is 16.3. The van der Waals surface area contributed by atoms with Crippen LogP contribution in [0.1, 0.15) is 33.2 Å². The number of carbonyl (C=O) groups is 1. The van der Waals surface area contributed by atoms with Crippen molar-refractivity contribution in [3.05, 3.63) is 107 Å². The van der Waals surface area contributed by atoms with Crippen LogP contribution in [0.4, 0.5) is 0 Å². The van der Waals surface area contributed by atoms with Gasteiger partial charge in [0, 0.05) is 12.7 Å². The van der Waals surface area contributed by atoms with Crippen molar-refractivity contribution in [3.63, 3.8) is 0 Å². The molecule has 0 amide bonds. The molecule has 0 aromatic heterocycles. The SMILES string of the molecule is COCc1ccc(OCC(O)c2ccc(/C=C/C(=O)c3ccccc3)cc2)cc1. The fraction of sp³-hybridized carbons (Fsp3) is 0.160. The molecule has 1 atom stereocenters. The minimum Gasteiger partial charge on any atom is -0.491 e. The second kappa shape index (κ2) is 10.4. The highest BCUT2D eigenvalue weighted by Crippen LogP contribution is 2.18. The zero-order valence-electron chi connectivity index (χ0n) is 16.3. The second-order valence-electron chi connectivity index (χ2n) is 6.63. The third-order valence-corrected chi connectivity index (χ3v) is 4.45. The van der Waals surface area contributed by atoms with Gasteiger partial charge in [0.1, 0.15) is 18.5 Å². The number of ketones is 1. The maximum Gasteiger partial charge on any atom is 0.185 e. The van der Waals surface area contributed by atoms with Crippen LogP contribution in [-0.4, -0.2) is 24.6 Å². The van der Waals surface area contributed by atoms with Gasteiger partial charge in [-0.05, 0) is 34.9 Å². The van der Waals surface area contributed by atoms with E-state index in [2.05, 4.69) is 0 Å². The molecule has 0 fully saturated rings. The smallest absolute Gasteiger partial charge is 0.185 e. The number of methoxy groups -OCH3 is 1. The molecule has 0 aliphatic heterocycles. The van der Waals surface area contributed by atoms with Crippen LogP contribution in [-0.2, 0) is 11.3 Å². The number of aliphatic hydroxyl groups is 1. The molecule has 0 bridgehead atoms. The van der Waals surface area contributed by atoms with Crippen LogP contribution in [0.25, 0.3) is 6.08 Å². The molecule has 148 valence electrons. The standard InChI is InChI=1S/C25H24O4/c1-28-17-20-9-14-23(15-10-20)29-18-25(27)22-12-7-19(8-13-22)11-16-24(26)21-5-3-2-4-6-21/h2-16,25,27H,17-18H2,1H3/b16-11+. The van der Waals surface area contributed by atoms with E-state index >= 15 is 0 Å². The van der Waals surface area contributed by atoms with Gasteiger partial charge in [-0.15, -0.1) is 0 Å². The molecule has 1 N–H and O–H groups in total. The molecule has 0 spiro atoms. The Morgan fingerprint density at radius 2 is 1.66 bits per heavy atom. The Kier molecular flexibility index (Phi) is 7.34. The second-order valence-corrected chi connectivity index (χ2v) is 6.63. The number of aliphatic hydroxyl groups excluding tert-OH is 1. The van der Waals surface area contributed by atoms with Crippen molar-refractivity contribution in [1.82, 2.24) is 0 Å². The molecule has 0 saturated heterocycles. The van der Waals surface area contributed by atoms with E-state index in [1.807, 2.05) is 66.7 Å². The number of carbonyl (C=O) groups excluding carboxylic acids is 1. The molecule has 1 unspecified atom stereocenters. The summed E-state index contributed by atoms with van der Waals surface area (Å²) in [5.74, 6) is 0.655. The average molecular weight is 388 g/mol. The van der Waals surface area contributed by atoms with Crippen LogP contribution in [0.2, 0.25) is 0 Å². The highest BCUT2D eigenvalue weighted by Gasteiger charge is 2.08. The summed E-state index contributed by atoms with van der Waals surface area (Å²) in [6, 6.07) is 24.1. The number of rotatable bonds is 9. The molecule has 3 rings (SSSR count). The minimum absolute atomic E-state index is 0.0420. The summed E-state index contributed by atoms with van der Waals surface area (Å²) in [6.45, 7) is 0.714. The quantitative estimate of drug-likeness (QED) is 0.421. The Balaban J connectivity index is 1.53. The Morgan fingerprint density at radius 3 is 2.31 bits per heavy atom. The van der Waals surface area contributed by atoms with Gasteiger partial charge in [-0.1, -0.05) is 72.8 Å². The van der Waals surface area contributed by atoms with Crippen LogP contribution < -0.4 is 4.74 Å². The van der Waals surface area contributed by atoms with E-state index in [1.165, 1.54) is 0 Å². The van der Waals surface area contributed by atoms with Crippen molar-refractivity contribution >= 4 is 11.9 Å². The molecule has 0 radical (unpaired) electrons. The van der Waals surface area contributed by atoms with Crippen molar-refractivity contribution in [3.8, 4) is 5.75 Å². The van der Waals surface area contributed by atoms with Gasteiger partial charge in [0.25, 0.3) is 0 Å². The number of benzene rings is 3. The maximum absolute atomic E-state index is 12.1. The topological polar surface area (TPSA) is 55.8 Å². The Hall–Kier alpha value is -3.21. The number of hydrogen-bond acceptors (Lipinski definition) is 4. The minimum atomic E-state index is -0.738. The molecule has 0 aliphatic rings. The zero-order chi connectivity index (χ0) is 20.5. The van der Waals surface area contributed by atoms with Gasteiger partial charge in [-0.3, -0.25) is 4.79 Å². The number of allylic oxidation sites excluding steroid dienone is 1. The van der Waals surface area contributed by atoms with E-state index in [1.54, 1.807) is 31.4 Å². The van der Waals surface area contributed by atoms with E-state index in [-0.39, 0.29) is 12.4 Å². The molecule has 3 aromatic carbocycles. The summed E-state index contributed by atoms with van der Waals surface area (Å²) in [5.41, 5.74) is 3.37. The van der Waals surface area contributed by atoms with Crippen LogP contribution in [0.15, 0.2) is 84.9 Å². The van der Waals surface area contributed by atoms with Gasteiger partial charge >= 0.3 is 0 Å². The first-order valence-corrected chi connectivity index (χ1v) is 9.42. The van der Waals surface area contributed by atoms with E-state index in [0.717, 1.165) is 16.7 Å². The summed E-state index contributed by atoms with van der Waals surface area (Å²) in [7, 11) is 1.66. The Morgan fingerprint density at radius 1 is 0.966 bits per heavy atom. The predicted molar refractivity (Wildman–Crippen MR) is 114 cm³/mol. The number of hydrogen-bond donors (Lipinski definition) is 1.